The summed E-state index contributed by atoms with van der Waals surface area (Å²) < 4.78 is 21.6. The van der Waals surface area contributed by atoms with Crippen LogP contribution in [0.2, 0.25) is 0 Å². The monoisotopic (exact) mass is 348 g/mol. The highest BCUT2D eigenvalue weighted by Gasteiger charge is 2.09. The van der Waals surface area contributed by atoms with Crippen LogP contribution in [0, 0.1) is 12.7 Å². The van der Waals surface area contributed by atoms with Gasteiger partial charge in [0.05, 0.1) is 6.61 Å². The number of ether oxygens (including phenoxy) is 1. The Morgan fingerprint density at radius 1 is 1.29 bits per heavy atom. The first-order chi connectivity index (χ1) is 11.5. The van der Waals surface area contributed by atoms with Gasteiger partial charge in [0.1, 0.15) is 5.82 Å². The maximum Gasteiger partial charge on any atom is 0.255 e. The molecule has 2 aromatic carbocycles. The van der Waals surface area contributed by atoms with Crippen LogP contribution in [0.1, 0.15) is 22.8 Å². The summed E-state index contributed by atoms with van der Waals surface area (Å²) in [5.74, 6) is -0.518. The molecule has 0 aromatic heterocycles. The second-order valence-corrected chi connectivity index (χ2v) is 6.43. The molecule has 24 heavy (non-hydrogen) atoms. The van der Waals surface area contributed by atoms with Crippen LogP contribution < -0.4 is 10.0 Å². The van der Waals surface area contributed by atoms with E-state index in [-0.39, 0.29) is 17.8 Å². The molecule has 0 heterocycles. The Kier molecular flexibility index (Phi) is 6.78. The van der Waals surface area contributed by atoms with Crippen molar-refractivity contribution >= 4 is 23.5 Å². The van der Waals surface area contributed by atoms with Gasteiger partial charge in [-0.3, -0.25) is 9.52 Å². The maximum atomic E-state index is 13.3. The predicted molar refractivity (Wildman–Crippen MR) is 95.9 cm³/mol. The molecule has 0 saturated heterocycles. The molecule has 1 unspecified atom stereocenters. The van der Waals surface area contributed by atoms with Gasteiger partial charge >= 0.3 is 0 Å². The van der Waals surface area contributed by atoms with E-state index in [1.54, 1.807) is 32.2 Å². The number of carbonyl (C=O) groups excluding carboxylic acids is 1. The van der Waals surface area contributed by atoms with Crippen molar-refractivity contribution in [2.24, 2.45) is 0 Å². The number of aryl methyl sites for hydroxylation is 1. The Hall–Kier alpha value is -1.89. The van der Waals surface area contributed by atoms with Crippen molar-refractivity contribution in [3.05, 3.63) is 59.4 Å². The molecule has 0 fully saturated rings. The van der Waals surface area contributed by atoms with Crippen LogP contribution in [0.5, 0.6) is 0 Å². The van der Waals surface area contributed by atoms with Gasteiger partial charge in [-0.15, -0.1) is 0 Å². The van der Waals surface area contributed by atoms with Gasteiger partial charge in [-0.05, 0) is 67.8 Å². The molecule has 128 valence electrons. The molecule has 4 nitrogen and oxygen atoms in total. The Morgan fingerprint density at radius 2 is 2.08 bits per heavy atom. The maximum absolute atomic E-state index is 13.3. The minimum absolute atomic E-state index is 0.194. The normalized spacial score (nSPS) is 12.0. The molecule has 2 N–H and O–H groups in total. The van der Waals surface area contributed by atoms with E-state index in [0.29, 0.717) is 23.4 Å². The lowest BCUT2D eigenvalue weighted by Gasteiger charge is -2.12. The van der Waals surface area contributed by atoms with Crippen LogP contribution in [-0.2, 0) is 4.74 Å². The standard InChI is InChI=1S/C18H21FN2O2S/c1-12-9-15(7-8-17(12)19)20-18(22)14-5-4-6-16(10-14)24-21-13(2)11-23-3/h4-10,13,21H,11H2,1-3H3,(H,20,22). The highest BCUT2D eigenvalue weighted by atomic mass is 32.2. The van der Waals surface area contributed by atoms with Crippen molar-refractivity contribution in [3.8, 4) is 0 Å². The first kappa shape index (κ1) is 18.4. The summed E-state index contributed by atoms with van der Waals surface area (Å²) in [6.07, 6.45) is 0. The van der Waals surface area contributed by atoms with E-state index in [1.807, 2.05) is 25.1 Å². The van der Waals surface area contributed by atoms with Gasteiger partial charge in [0.2, 0.25) is 0 Å². The highest BCUT2D eigenvalue weighted by Crippen LogP contribution is 2.19. The van der Waals surface area contributed by atoms with Crippen LogP contribution in [0.3, 0.4) is 0 Å². The lowest BCUT2D eigenvalue weighted by molar-refractivity contribution is 0.102. The number of halogens is 1. The van der Waals surface area contributed by atoms with E-state index in [9.17, 15) is 9.18 Å². The Bertz CT molecular complexity index is 709. The van der Waals surface area contributed by atoms with Crippen LogP contribution >= 0.6 is 11.9 Å². The summed E-state index contributed by atoms with van der Waals surface area (Å²) in [5, 5.41) is 2.78. The zero-order chi connectivity index (χ0) is 17.5. The number of carbonyl (C=O) groups is 1. The third kappa shape index (κ3) is 5.33. The zero-order valence-electron chi connectivity index (χ0n) is 13.9. The number of anilines is 1. The zero-order valence-corrected chi connectivity index (χ0v) is 14.7. The average molecular weight is 348 g/mol. The molecular weight excluding hydrogens is 327 g/mol. The van der Waals surface area contributed by atoms with Crippen molar-refractivity contribution in [2.45, 2.75) is 24.8 Å². The van der Waals surface area contributed by atoms with E-state index in [0.717, 1.165) is 4.90 Å². The molecule has 0 aliphatic rings. The topological polar surface area (TPSA) is 50.4 Å². The third-order valence-corrected chi connectivity index (χ3v) is 4.32. The summed E-state index contributed by atoms with van der Waals surface area (Å²) in [6.45, 7) is 4.29. The van der Waals surface area contributed by atoms with E-state index >= 15 is 0 Å². The second kappa shape index (κ2) is 8.82. The van der Waals surface area contributed by atoms with Gasteiger partial charge in [0.25, 0.3) is 5.91 Å². The Morgan fingerprint density at radius 3 is 2.79 bits per heavy atom. The van der Waals surface area contributed by atoms with Gasteiger partial charge in [-0.1, -0.05) is 6.07 Å². The van der Waals surface area contributed by atoms with E-state index < -0.39 is 0 Å². The van der Waals surface area contributed by atoms with Gasteiger partial charge < -0.3 is 10.1 Å². The fourth-order valence-electron chi connectivity index (χ4n) is 2.08. The number of hydrogen-bond acceptors (Lipinski definition) is 4. The molecule has 0 radical (unpaired) electrons. The Labute approximate surface area is 145 Å². The van der Waals surface area contributed by atoms with Crippen molar-refractivity contribution in [3.63, 3.8) is 0 Å². The number of hydrogen-bond donors (Lipinski definition) is 2. The summed E-state index contributed by atoms with van der Waals surface area (Å²) in [5.41, 5.74) is 1.61. The predicted octanol–water partition coefficient (Wildman–Crippen LogP) is 4.02. The number of benzene rings is 2. The molecule has 0 saturated carbocycles. The summed E-state index contributed by atoms with van der Waals surface area (Å²) >= 11 is 1.45. The van der Waals surface area contributed by atoms with Crippen LogP contribution in [0.25, 0.3) is 0 Å². The molecule has 1 amide bonds. The third-order valence-electron chi connectivity index (χ3n) is 3.31. The lowest BCUT2D eigenvalue weighted by atomic mass is 10.2. The van der Waals surface area contributed by atoms with Crippen LogP contribution in [0.15, 0.2) is 47.4 Å². The number of methoxy groups -OCH3 is 1. The van der Waals surface area contributed by atoms with Gasteiger partial charge in [0, 0.05) is 29.3 Å². The van der Waals surface area contributed by atoms with Crippen molar-refractivity contribution < 1.29 is 13.9 Å². The molecular formula is C18H21FN2O2S. The van der Waals surface area contributed by atoms with E-state index in [2.05, 4.69) is 10.0 Å². The summed E-state index contributed by atoms with van der Waals surface area (Å²) in [4.78, 5) is 13.3. The van der Waals surface area contributed by atoms with E-state index in [4.69, 9.17) is 4.74 Å². The minimum Gasteiger partial charge on any atom is -0.383 e. The molecule has 2 rings (SSSR count). The molecule has 6 heteroatoms. The lowest BCUT2D eigenvalue weighted by Crippen LogP contribution is -2.24. The summed E-state index contributed by atoms with van der Waals surface area (Å²) in [7, 11) is 1.66. The van der Waals surface area contributed by atoms with Gasteiger partial charge in [-0.2, -0.15) is 0 Å². The fraction of sp³-hybridized carbons (Fsp3) is 0.278. The fourth-order valence-corrected chi connectivity index (χ4v) is 2.82. The first-order valence-corrected chi connectivity index (χ1v) is 8.40. The highest BCUT2D eigenvalue weighted by molar-refractivity contribution is 7.97. The average Bonchev–Trinajstić information content (AvgIpc) is 2.57. The quantitative estimate of drug-likeness (QED) is 0.742. The number of nitrogens with one attached hydrogen (secondary N) is 2. The first-order valence-electron chi connectivity index (χ1n) is 7.58. The van der Waals surface area contributed by atoms with Crippen molar-refractivity contribution in [1.82, 2.24) is 4.72 Å². The van der Waals surface area contributed by atoms with Crippen molar-refractivity contribution in [2.75, 3.05) is 19.0 Å². The number of amides is 1. The minimum atomic E-state index is -0.289. The molecule has 0 aliphatic heterocycles. The molecule has 0 aliphatic carbocycles. The van der Waals surface area contributed by atoms with E-state index in [1.165, 1.54) is 18.0 Å². The molecule has 0 spiro atoms. The number of rotatable bonds is 7. The summed E-state index contributed by atoms with van der Waals surface area (Å²) in [6, 6.07) is 12.0. The van der Waals surface area contributed by atoms with Gasteiger partial charge in [0.15, 0.2) is 0 Å². The molecule has 0 bridgehead atoms. The van der Waals surface area contributed by atoms with Crippen molar-refractivity contribution in [1.29, 1.82) is 0 Å². The Balaban J connectivity index is 2.01. The second-order valence-electron chi connectivity index (χ2n) is 5.52. The van der Waals surface area contributed by atoms with Crippen LogP contribution in [0.4, 0.5) is 10.1 Å². The smallest absolute Gasteiger partial charge is 0.255 e. The SMILES string of the molecule is COCC(C)NSc1cccc(C(=O)Nc2ccc(F)c(C)c2)c1. The van der Waals surface area contributed by atoms with Gasteiger partial charge in [-0.25, -0.2) is 4.39 Å². The molecule has 1 atom stereocenters. The largest absolute Gasteiger partial charge is 0.383 e. The van der Waals surface area contributed by atoms with Crippen LogP contribution in [-0.4, -0.2) is 25.7 Å². The molecule has 2 aromatic rings.